The number of halogens is 1. The van der Waals surface area contributed by atoms with Gasteiger partial charge in [-0.15, -0.1) is 0 Å². The van der Waals surface area contributed by atoms with E-state index in [9.17, 15) is 23.3 Å². The molecule has 1 aliphatic heterocycles. The Balaban J connectivity index is 1.94. The third-order valence-corrected chi connectivity index (χ3v) is 5.19. The molecule has 1 fully saturated rings. The van der Waals surface area contributed by atoms with Crippen molar-refractivity contribution in [2.75, 3.05) is 55.9 Å². The Morgan fingerprint density at radius 1 is 1.30 bits per heavy atom. The van der Waals surface area contributed by atoms with Gasteiger partial charge in [-0.25, -0.2) is 8.60 Å². The van der Waals surface area contributed by atoms with Crippen LogP contribution in [0.2, 0.25) is 0 Å². The van der Waals surface area contributed by atoms with E-state index in [1.54, 1.807) is 0 Å². The second-order valence-electron chi connectivity index (χ2n) is 6.43. The van der Waals surface area contributed by atoms with Crippen LogP contribution in [-0.2, 0) is 9.35 Å². The summed E-state index contributed by atoms with van der Waals surface area (Å²) in [5.41, 5.74) is 0.0880. The Morgan fingerprint density at radius 2 is 1.91 bits per heavy atom. The van der Waals surface area contributed by atoms with E-state index in [4.69, 9.17) is 0 Å². The van der Waals surface area contributed by atoms with Gasteiger partial charge in [0.15, 0.2) is 5.82 Å². The molecule has 0 unspecified atom stereocenters. The van der Waals surface area contributed by atoms with Gasteiger partial charge < -0.3 is 9.45 Å². The van der Waals surface area contributed by atoms with Crippen molar-refractivity contribution in [2.24, 2.45) is 0 Å². The second kappa shape index (κ2) is 6.14. The third-order valence-electron chi connectivity index (χ3n) is 3.85. The maximum atomic E-state index is 14.0. The number of hydrogen-bond donors (Lipinski definition) is 1. The zero-order valence-electron chi connectivity index (χ0n) is 13.3. The van der Waals surface area contributed by atoms with E-state index in [0.717, 1.165) is 6.07 Å². The Kier molecular flexibility index (Phi) is 4.74. The molecule has 0 aliphatic carbocycles. The van der Waals surface area contributed by atoms with Gasteiger partial charge in [0, 0.05) is 57.1 Å². The number of hydrogen-bond acceptors (Lipinski definition) is 5. The Morgan fingerprint density at radius 3 is 2.39 bits per heavy atom. The summed E-state index contributed by atoms with van der Waals surface area (Å²) >= 11 is 0. The van der Waals surface area contributed by atoms with Gasteiger partial charge in [-0.3, -0.25) is 15.0 Å². The molecule has 1 heterocycles. The normalized spacial score (nSPS) is 18.4. The lowest BCUT2D eigenvalue weighted by molar-refractivity contribution is -0.385. The minimum Gasteiger partial charge on any atom is -0.367 e. The molecule has 1 aromatic carbocycles. The highest BCUT2D eigenvalue weighted by molar-refractivity contribution is 8.13. The van der Waals surface area contributed by atoms with Crippen LogP contribution in [0.1, 0.15) is 0 Å². The van der Waals surface area contributed by atoms with Gasteiger partial charge in [-0.2, -0.15) is 9.35 Å². The number of nitrogens with zero attached hydrogens (tertiary/aromatic N) is 3. The summed E-state index contributed by atoms with van der Waals surface area (Å²) in [6, 6.07) is 3.66. The van der Waals surface area contributed by atoms with Gasteiger partial charge >= 0.3 is 0 Å². The van der Waals surface area contributed by atoms with E-state index in [-0.39, 0.29) is 11.4 Å². The van der Waals surface area contributed by atoms with E-state index in [0.29, 0.717) is 38.4 Å². The molecular formula is C14H22FN3O4S. The van der Waals surface area contributed by atoms with Crippen molar-refractivity contribution in [3.63, 3.8) is 0 Å². The number of piperazine rings is 1. The first-order valence-electron chi connectivity index (χ1n) is 7.27. The smallest absolute Gasteiger partial charge is 0.272 e. The van der Waals surface area contributed by atoms with Crippen LogP contribution >= 0.6 is 0 Å². The van der Waals surface area contributed by atoms with Crippen LogP contribution in [0.25, 0.3) is 0 Å². The average Bonchev–Trinajstić information content (AvgIpc) is 2.44. The topological polar surface area (TPSA) is 86.9 Å². The number of rotatable bonds is 5. The van der Waals surface area contributed by atoms with Crippen molar-refractivity contribution < 1.29 is 18.1 Å². The molecule has 0 radical (unpaired) electrons. The highest BCUT2D eigenvalue weighted by Gasteiger charge is 2.23. The summed E-state index contributed by atoms with van der Waals surface area (Å²) in [6.45, 7) is 2.96. The average molecular weight is 347 g/mol. The van der Waals surface area contributed by atoms with Gasteiger partial charge in [0.05, 0.1) is 16.7 Å². The molecule has 130 valence electrons. The zero-order valence-corrected chi connectivity index (χ0v) is 14.1. The summed E-state index contributed by atoms with van der Waals surface area (Å²) < 4.78 is 35.6. The van der Waals surface area contributed by atoms with Gasteiger partial charge in [-0.1, -0.05) is 0 Å². The molecule has 0 amide bonds. The fraction of sp³-hybridized carbons (Fsp3) is 0.571. The van der Waals surface area contributed by atoms with E-state index < -0.39 is 20.1 Å². The highest BCUT2D eigenvalue weighted by Crippen LogP contribution is 2.25. The molecule has 1 aromatic rings. The van der Waals surface area contributed by atoms with Gasteiger partial charge in [0.2, 0.25) is 0 Å². The zero-order chi connectivity index (χ0) is 17.3. The maximum absolute atomic E-state index is 14.0. The Labute approximate surface area is 134 Å². The van der Waals surface area contributed by atoms with Crippen LogP contribution in [0.15, 0.2) is 18.2 Å². The van der Waals surface area contributed by atoms with E-state index in [2.05, 4.69) is 4.90 Å². The number of anilines is 1. The van der Waals surface area contributed by atoms with Crippen LogP contribution in [0, 0.1) is 15.9 Å². The molecule has 0 spiro atoms. The molecule has 0 atom stereocenters. The first kappa shape index (κ1) is 17.8. The maximum Gasteiger partial charge on any atom is 0.272 e. The summed E-state index contributed by atoms with van der Waals surface area (Å²) in [5, 5.41) is 10.6. The largest absolute Gasteiger partial charge is 0.367 e. The Bertz CT molecular complexity index is 657. The summed E-state index contributed by atoms with van der Waals surface area (Å²) in [7, 11) is -3.50. The first-order chi connectivity index (χ1) is 10.5. The fourth-order valence-electron chi connectivity index (χ4n) is 2.47. The minimum absolute atomic E-state index is 0.211. The lowest BCUT2D eigenvalue weighted by Gasteiger charge is -2.39. The van der Waals surface area contributed by atoms with Crippen LogP contribution in [0.3, 0.4) is 0 Å². The predicted octanol–water partition coefficient (Wildman–Crippen LogP) is 1.41. The summed E-state index contributed by atoms with van der Waals surface area (Å²) in [5.74, 6) is -0.392. The fourth-order valence-corrected chi connectivity index (χ4v) is 3.25. The van der Waals surface area contributed by atoms with Crippen molar-refractivity contribution in [3.05, 3.63) is 34.1 Å². The summed E-state index contributed by atoms with van der Waals surface area (Å²) in [4.78, 5) is 13.9. The van der Waals surface area contributed by atoms with Crippen molar-refractivity contribution in [1.82, 2.24) is 4.90 Å². The molecule has 1 N–H and O–H groups in total. The quantitative estimate of drug-likeness (QED) is 0.640. The van der Waals surface area contributed by atoms with E-state index >= 15 is 0 Å². The monoisotopic (exact) mass is 347 g/mol. The van der Waals surface area contributed by atoms with Crippen molar-refractivity contribution in [1.29, 1.82) is 0 Å². The van der Waals surface area contributed by atoms with E-state index in [1.807, 2.05) is 4.90 Å². The standard InChI is InChI=1S/C14H22FN3O4S/c1-23(2,21,22)10-9-16-5-7-17(8-6-16)14-4-3-12(18(19)20)11-13(14)15/h3-4,11H,5-10H2,1-2H3,(H,21,22). The third kappa shape index (κ3) is 5.22. The molecular weight excluding hydrogens is 325 g/mol. The molecule has 1 aliphatic rings. The van der Waals surface area contributed by atoms with Crippen LogP contribution in [-0.4, -0.2) is 69.6 Å². The molecule has 1 saturated heterocycles. The highest BCUT2D eigenvalue weighted by atomic mass is 32.3. The van der Waals surface area contributed by atoms with Crippen molar-refractivity contribution >= 4 is 20.7 Å². The molecule has 0 bridgehead atoms. The minimum atomic E-state index is -3.50. The van der Waals surface area contributed by atoms with Crippen LogP contribution in [0.4, 0.5) is 15.8 Å². The van der Waals surface area contributed by atoms with Crippen molar-refractivity contribution in [2.45, 2.75) is 0 Å². The van der Waals surface area contributed by atoms with Crippen LogP contribution < -0.4 is 4.90 Å². The molecule has 0 saturated carbocycles. The first-order valence-corrected chi connectivity index (χ1v) is 10.2. The lowest BCUT2D eigenvalue weighted by atomic mass is 10.2. The molecule has 0 aromatic heterocycles. The number of nitro benzene ring substituents is 1. The number of benzene rings is 1. The molecule has 9 heteroatoms. The number of nitro groups is 1. The number of non-ortho nitro benzene ring substituents is 1. The Hall–Kier alpha value is -1.58. The van der Waals surface area contributed by atoms with Gasteiger partial charge in [-0.05, 0) is 6.07 Å². The lowest BCUT2D eigenvalue weighted by Crippen LogP contribution is -2.49. The van der Waals surface area contributed by atoms with Crippen LogP contribution in [0.5, 0.6) is 0 Å². The molecule has 2 rings (SSSR count). The van der Waals surface area contributed by atoms with E-state index in [1.165, 1.54) is 24.6 Å². The van der Waals surface area contributed by atoms with Crippen molar-refractivity contribution in [3.8, 4) is 0 Å². The second-order valence-corrected chi connectivity index (χ2v) is 10.9. The van der Waals surface area contributed by atoms with Gasteiger partial charge in [0.1, 0.15) is 0 Å². The molecule has 7 nitrogen and oxygen atoms in total. The predicted molar refractivity (Wildman–Crippen MR) is 89.2 cm³/mol. The van der Waals surface area contributed by atoms with Gasteiger partial charge in [0.25, 0.3) is 5.69 Å². The summed E-state index contributed by atoms with van der Waals surface area (Å²) in [6.07, 6.45) is 2.72. The molecule has 23 heavy (non-hydrogen) atoms. The SMILES string of the molecule is CS(C)(=O)(O)CCN1CCN(c2ccc([N+](=O)[O-])cc2F)CC1.